The maximum atomic E-state index is 6.14. The molecule has 1 aromatic rings. The van der Waals surface area contributed by atoms with Gasteiger partial charge in [0.1, 0.15) is 0 Å². The van der Waals surface area contributed by atoms with Crippen molar-refractivity contribution in [2.45, 2.75) is 31.7 Å². The smallest absolute Gasteiger partial charge is 0.0573 e. The van der Waals surface area contributed by atoms with E-state index in [2.05, 4.69) is 4.98 Å². The summed E-state index contributed by atoms with van der Waals surface area (Å²) in [5.41, 5.74) is 7.19. The van der Waals surface area contributed by atoms with E-state index in [1.165, 1.54) is 25.7 Å². The molecule has 1 fully saturated rings. The number of hydrogen-bond donors (Lipinski definition) is 1. The van der Waals surface area contributed by atoms with Crippen LogP contribution in [0.4, 0.5) is 0 Å². The number of pyridine rings is 1. The fraction of sp³-hybridized carbons (Fsp3) is 0.545. The van der Waals surface area contributed by atoms with Gasteiger partial charge in [-0.1, -0.05) is 18.9 Å². The predicted molar refractivity (Wildman–Crippen MR) is 53.1 cm³/mol. The highest BCUT2D eigenvalue weighted by Crippen LogP contribution is 2.33. The lowest BCUT2D eigenvalue weighted by Gasteiger charge is -2.17. The molecule has 1 aromatic heterocycles. The Morgan fingerprint density at radius 2 is 2.08 bits per heavy atom. The van der Waals surface area contributed by atoms with Gasteiger partial charge in [0.25, 0.3) is 0 Å². The Bertz CT molecular complexity index is 252. The van der Waals surface area contributed by atoms with Gasteiger partial charge in [-0.25, -0.2) is 0 Å². The molecule has 13 heavy (non-hydrogen) atoms. The summed E-state index contributed by atoms with van der Waals surface area (Å²) in [6.45, 7) is 0. The Kier molecular flexibility index (Phi) is 2.60. The minimum absolute atomic E-state index is 0.156. The normalized spacial score (nSPS) is 20.4. The summed E-state index contributed by atoms with van der Waals surface area (Å²) < 4.78 is 0. The first-order valence-electron chi connectivity index (χ1n) is 5.04. The Balaban J connectivity index is 2.08. The van der Waals surface area contributed by atoms with E-state index in [9.17, 15) is 0 Å². The van der Waals surface area contributed by atoms with Crippen LogP contribution in [0.1, 0.15) is 37.4 Å². The van der Waals surface area contributed by atoms with Crippen LogP contribution in [0.5, 0.6) is 0 Å². The zero-order valence-electron chi connectivity index (χ0n) is 7.82. The van der Waals surface area contributed by atoms with Gasteiger partial charge in [0.2, 0.25) is 0 Å². The molecule has 2 heteroatoms. The van der Waals surface area contributed by atoms with Gasteiger partial charge in [0.05, 0.1) is 5.69 Å². The summed E-state index contributed by atoms with van der Waals surface area (Å²) in [5, 5.41) is 0. The van der Waals surface area contributed by atoms with E-state index < -0.39 is 0 Å². The van der Waals surface area contributed by atoms with E-state index >= 15 is 0 Å². The van der Waals surface area contributed by atoms with Gasteiger partial charge in [-0.3, -0.25) is 4.98 Å². The molecule has 2 rings (SSSR count). The zero-order chi connectivity index (χ0) is 9.10. The molecular formula is C11H16N2. The summed E-state index contributed by atoms with van der Waals surface area (Å²) in [5.74, 6) is 0.662. The van der Waals surface area contributed by atoms with Crippen LogP contribution < -0.4 is 5.73 Å². The van der Waals surface area contributed by atoms with Gasteiger partial charge in [-0.05, 0) is 30.9 Å². The molecule has 0 aromatic carbocycles. The summed E-state index contributed by atoms with van der Waals surface area (Å²) in [4.78, 5) is 4.30. The molecule has 0 radical (unpaired) electrons. The van der Waals surface area contributed by atoms with Gasteiger partial charge in [-0.2, -0.15) is 0 Å². The lowest BCUT2D eigenvalue weighted by molar-refractivity contribution is 0.437. The summed E-state index contributed by atoms with van der Waals surface area (Å²) in [6, 6.07) is 6.13. The number of nitrogens with zero attached hydrogens (tertiary/aromatic N) is 1. The quantitative estimate of drug-likeness (QED) is 0.750. The molecule has 1 atom stereocenters. The van der Waals surface area contributed by atoms with E-state index in [-0.39, 0.29) is 6.04 Å². The molecule has 1 saturated carbocycles. The highest BCUT2D eigenvalue weighted by Gasteiger charge is 2.23. The van der Waals surface area contributed by atoms with Crippen LogP contribution in [0.15, 0.2) is 24.4 Å². The van der Waals surface area contributed by atoms with Crippen molar-refractivity contribution in [3.63, 3.8) is 0 Å². The summed E-state index contributed by atoms with van der Waals surface area (Å²) >= 11 is 0. The van der Waals surface area contributed by atoms with E-state index in [0.717, 1.165) is 5.69 Å². The average Bonchev–Trinajstić information content (AvgIpc) is 2.71. The van der Waals surface area contributed by atoms with E-state index in [1.807, 2.05) is 24.4 Å². The van der Waals surface area contributed by atoms with Crippen LogP contribution in [-0.2, 0) is 0 Å². The molecule has 70 valence electrons. The molecule has 1 aliphatic carbocycles. The lowest BCUT2D eigenvalue weighted by atomic mass is 9.96. The highest BCUT2D eigenvalue weighted by atomic mass is 14.8. The minimum Gasteiger partial charge on any atom is -0.322 e. The molecule has 0 bridgehead atoms. The third-order valence-electron chi connectivity index (χ3n) is 2.94. The maximum Gasteiger partial charge on any atom is 0.0573 e. The van der Waals surface area contributed by atoms with E-state index in [0.29, 0.717) is 5.92 Å². The van der Waals surface area contributed by atoms with Gasteiger partial charge in [-0.15, -0.1) is 0 Å². The van der Waals surface area contributed by atoms with Gasteiger partial charge >= 0.3 is 0 Å². The van der Waals surface area contributed by atoms with Crippen molar-refractivity contribution in [3.8, 4) is 0 Å². The van der Waals surface area contributed by atoms with Crippen molar-refractivity contribution in [3.05, 3.63) is 30.1 Å². The Morgan fingerprint density at radius 1 is 1.31 bits per heavy atom. The summed E-state index contributed by atoms with van der Waals surface area (Å²) in [6.07, 6.45) is 7.05. The maximum absolute atomic E-state index is 6.14. The largest absolute Gasteiger partial charge is 0.322 e. The minimum atomic E-state index is 0.156. The molecule has 0 unspecified atom stereocenters. The molecule has 0 spiro atoms. The third kappa shape index (κ3) is 1.89. The first-order valence-corrected chi connectivity index (χ1v) is 5.04. The van der Waals surface area contributed by atoms with Crippen molar-refractivity contribution in [2.24, 2.45) is 11.7 Å². The summed E-state index contributed by atoms with van der Waals surface area (Å²) in [7, 11) is 0. The Morgan fingerprint density at radius 3 is 2.69 bits per heavy atom. The second-order valence-corrected chi connectivity index (χ2v) is 3.82. The molecule has 0 saturated heterocycles. The van der Waals surface area contributed by atoms with Crippen LogP contribution in [0.3, 0.4) is 0 Å². The second kappa shape index (κ2) is 3.88. The fourth-order valence-corrected chi connectivity index (χ4v) is 2.13. The third-order valence-corrected chi connectivity index (χ3v) is 2.94. The van der Waals surface area contributed by atoms with Gasteiger partial charge in [0.15, 0.2) is 0 Å². The molecule has 2 nitrogen and oxygen atoms in total. The average molecular weight is 176 g/mol. The van der Waals surface area contributed by atoms with Crippen molar-refractivity contribution in [1.82, 2.24) is 4.98 Å². The monoisotopic (exact) mass is 176 g/mol. The van der Waals surface area contributed by atoms with Crippen molar-refractivity contribution >= 4 is 0 Å². The molecule has 1 heterocycles. The predicted octanol–water partition coefficient (Wildman–Crippen LogP) is 2.27. The number of nitrogens with two attached hydrogens (primary N) is 1. The van der Waals surface area contributed by atoms with E-state index in [1.54, 1.807) is 0 Å². The Labute approximate surface area is 79.2 Å². The molecule has 0 aliphatic heterocycles. The topological polar surface area (TPSA) is 38.9 Å². The standard InChI is InChI=1S/C11H16N2/c12-11(9-5-1-2-6-9)10-7-3-4-8-13-10/h3-4,7-9,11H,1-2,5-6,12H2/t11-/m1/s1. The van der Waals surface area contributed by atoms with E-state index in [4.69, 9.17) is 5.73 Å². The van der Waals surface area contributed by atoms with Gasteiger partial charge in [0, 0.05) is 12.2 Å². The molecular weight excluding hydrogens is 160 g/mol. The van der Waals surface area contributed by atoms with Crippen molar-refractivity contribution in [1.29, 1.82) is 0 Å². The van der Waals surface area contributed by atoms with Crippen molar-refractivity contribution < 1.29 is 0 Å². The Hall–Kier alpha value is -0.890. The number of hydrogen-bond acceptors (Lipinski definition) is 2. The van der Waals surface area contributed by atoms with Crippen molar-refractivity contribution in [2.75, 3.05) is 0 Å². The molecule has 1 aliphatic rings. The lowest BCUT2D eigenvalue weighted by Crippen LogP contribution is -2.20. The van der Waals surface area contributed by atoms with Crippen LogP contribution in [-0.4, -0.2) is 4.98 Å². The van der Waals surface area contributed by atoms with Crippen LogP contribution in [0.25, 0.3) is 0 Å². The second-order valence-electron chi connectivity index (χ2n) is 3.82. The molecule has 2 N–H and O–H groups in total. The highest BCUT2D eigenvalue weighted by molar-refractivity contribution is 5.09. The molecule has 0 amide bonds. The first-order chi connectivity index (χ1) is 6.38. The van der Waals surface area contributed by atoms with Crippen LogP contribution in [0.2, 0.25) is 0 Å². The van der Waals surface area contributed by atoms with Gasteiger partial charge < -0.3 is 5.73 Å². The SMILES string of the molecule is N[C@@H](c1ccccn1)C1CCCC1. The fourth-order valence-electron chi connectivity index (χ4n) is 2.13. The zero-order valence-corrected chi connectivity index (χ0v) is 7.82. The number of rotatable bonds is 2. The van der Waals surface area contributed by atoms with Crippen LogP contribution in [0, 0.1) is 5.92 Å². The van der Waals surface area contributed by atoms with Crippen LogP contribution >= 0.6 is 0 Å². The first kappa shape index (κ1) is 8.70. The number of aromatic nitrogens is 1.